The largest absolute Gasteiger partial charge is 0.372 e. The van der Waals surface area contributed by atoms with Gasteiger partial charge in [-0.2, -0.15) is 0 Å². The molecule has 0 unspecified atom stereocenters. The molecular formula is C24H31N5OS. The normalized spacial score (nSPS) is 10.9. The van der Waals surface area contributed by atoms with Crippen LogP contribution in [0, 0.1) is 13.8 Å². The van der Waals surface area contributed by atoms with Gasteiger partial charge in [-0.05, 0) is 82.1 Å². The molecule has 6 nitrogen and oxygen atoms in total. The predicted octanol–water partition coefficient (Wildman–Crippen LogP) is 5.16. The van der Waals surface area contributed by atoms with Gasteiger partial charge in [-0.15, -0.1) is 10.2 Å². The number of nitrogens with one attached hydrogen (secondary N) is 1. The second-order valence-corrected chi connectivity index (χ2v) is 8.35. The Morgan fingerprint density at radius 2 is 1.71 bits per heavy atom. The van der Waals surface area contributed by atoms with Crippen LogP contribution in [-0.4, -0.2) is 39.5 Å². The molecule has 3 aromatic rings. The van der Waals surface area contributed by atoms with Crippen molar-refractivity contribution in [2.45, 2.75) is 46.3 Å². The maximum atomic E-state index is 12.4. The van der Waals surface area contributed by atoms with Crippen molar-refractivity contribution in [3.05, 3.63) is 53.6 Å². The highest BCUT2D eigenvalue weighted by Crippen LogP contribution is 2.26. The molecule has 0 fully saturated rings. The molecule has 31 heavy (non-hydrogen) atoms. The third-order valence-corrected chi connectivity index (χ3v) is 6.38. The summed E-state index contributed by atoms with van der Waals surface area (Å²) >= 11 is 1.41. The van der Waals surface area contributed by atoms with Crippen molar-refractivity contribution in [1.29, 1.82) is 0 Å². The van der Waals surface area contributed by atoms with Gasteiger partial charge in [0.1, 0.15) is 0 Å². The van der Waals surface area contributed by atoms with Crippen molar-refractivity contribution in [3.8, 4) is 11.4 Å². The van der Waals surface area contributed by atoms with Gasteiger partial charge in [-0.3, -0.25) is 4.79 Å². The van der Waals surface area contributed by atoms with E-state index < -0.39 is 0 Å². The Kier molecular flexibility index (Phi) is 7.74. The lowest BCUT2D eigenvalue weighted by molar-refractivity contribution is -0.113. The van der Waals surface area contributed by atoms with Crippen molar-refractivity contribution in [2.75, 3.05) is 29.1 Å². The molecule has 0 aliphatic rings. The molecule has 2 aromatic carbocycles. The Hall–Kier alpha value is -2.80. The Morgan fingerprint density at radius 3 is 2.32 bits per heavy atom. The van der Waals surface area contributed by atoms with Gasteiger partial charge in [0.25, 0.3) is 0 Å². The molecule has 1 N–H and O–H groups in total. The van der Waals surface area contributed by atoms with Gasteiger partial charge in [-0.25, -0.2) is 0 Å². The Morgan fingerprint density at radius 1 is 1.00 bits per heavy atom. The van der Waals surface area contributed by atoms with Crippen LogP contribution in [0.1, 0.15) is 31.9 Å². The summed E-state index contributed by atoms with van der Waals surface area (Å²) in [5, 5.41) is 12.5. The molecule has 0 spiro atoms. The van der Waals surface area contributed by atoms with E-state index in [4.69, 9.17) is 0 Å². The highest BCUT2D eigenvalue weighted by molar-refractivity contribution is 7.99. The lowest BCUT2D eigenvalue weighted by Gasteiger charge is -2.21. The van der Waals surface area contributed by atoms with Crippen LogP contribution >= 0.6 is 11.8 Å². The summed E-state index contributed by atoms with van der Waals surface area (Å²) in [7, 11) is 0. The van der Waals surface area contributed by atoms with Crippen molar-refractivity contribution in [3.63, 3.8) is 0 Å². The third kappa shape index (κ3) is 5.47. The number of anilines is 2. The standard InChI is InChI=1S/C24H31N5OS/c1-6-28(7-2)21-13-10-19(11-14-21)23-26-27-24(29(23)8-3)31-16-22(30)25-20-12-9-17(4)18(5)15-20/h9-15H,6-8,16H2,1-5H3,(H,25,30). The molecule has 0 radical (unpaired) electrons. The van der Waals surface area contributed by atoms with E-state index in [9.17, 15) is 4.79 Å². The van der Waals surface area contributed by atoms with Crippen LogP contribution in [0.4, 0.5) is 11.4 Å². The second-order valence-electron chi connectivity index (χ2n) is 7.41. The van der Waals surface area contributed by atoms with Crippen LogP contribution in [0.15, 0.2) is 47.6 Å². The first-order chi connectivity index (χ1) is 15.0. The Balaban J connectivity index is 1.68. The third-order valence-electron chi connectivity index (χ3n) is 5.41. The first-order valence-corrected chi connectivity index (χ1v) is 11.7. The summed E-state index contributed by atoms with van der Waals surface area (Å²) < 4.78 is 2.06. The van der Waals surface area contributed by atoms with E-state index in [0.29, 0.717) is 0 Å². The van der Waals surface area contributed by atoms with Gasteiger partial charge in [-0.1, -0.05) is 17.8 Å². The van der Waals surface area contributed by atoms with Crippen LogP contribution in [0.3, 0.4) is 0 Å². The molecule has 7 heteroatoms. The number of rotatable bonds is 9. The number of thioether (sulfide) groups is 1. The van der Waals surface area contributed by atoms with E-state index >= 15 is 0 Å². The summed E-state index contributed by atoms with van der Waals surface area (Å²) in [5.41, 5.74) is 5.42. The average Bonchev–Trinajstić information content (AvgIpc) is 3.19. The topological polar surface area (TPSA) is 63.1 Å². The van der Waals surface area contributed by atoms with Crippen molar-refractivity contribution in [1.82, 2.24) is 14.8 Å². The lowest BCUT2D eigenvalue weighted by atomic mass is 10.1. The van der Waals surface area contributed by atoms with Gasteiger partial charge in [0.15, 0.2) is 11.0 Å². The quantitative estimate of drug-likeness (QED) is 0.469. The fraction of sp³-hybridized carbons (Fsp3) is 0.375. The number of carbonyl (C=O) groups excluding carboxylic acids is 1. The number of carbonyl (C=O) groups is 1. The summed E-state index contributed by atoms with van der Waals surface area (Å²) in [4.78, 5) is 14.7. The number of nitrogens with zero attached hydrogens (tertiary/aromatic N) is 4. The van der Waals surface area contributed by atoms with Crippen LogP contribution in [-0.2, 0) is 11.3 Å². The zero-order chi connectivity index (χ0) is 22.4. The zero-order valence-electron chi connectivity index (χ0n) is 19.0. The van der Waals surface area contributed by atoms with Crippen molar-refractivity contribution >= 4 is 29.0 Å². The van der Waals surface area contributed by atoms with E-state index in [-0.39, 0.29) is 11.7 Å². The lowest BCUT2D eigenvalue weighted by Crippen LogP contribution is -2.21. The van der Waals surface area contributed by atoms with Gasteiger partial charge in [0, 0.05) is 36.6 Å². The van der Waals surface area contributed by atoms with E-state index in [1.54, 1.807) is 0 Å². The minimum absolute atomic E-state index is 0.0518. The number of aromatic nitrogens is 3. The van der Waals surface area contributed by atoms with Crippen LogP contribution in [0.2, 0.25) is 0 Å². The van der Waals surface area contributed by atoms with Gasteiger partial charge in [0.2, 0.25) is 5.91 Å². The number of hydrogen-bond acceptors (Lipinski definition) is 5. The molecule has 1 amide bonds. The Bertz CT molecular complexity index is 1020. The monoisotopic (exact) mass is 437 g/mol. The van der Waals surface area contributed by atoms with E-state index in [1.165, 1.54) is 23.0 Å². The number of hydrogen-bond donors (Lipinski definition) is 1. The minimum atomic E-state index is -0.0518. The van der Waals surface area contributed by atoms with E-state index in [1.807, 2.05) is 25.1 Å². The molecular weight excluding hydrogens is 406 g/mol. The van der Waals surface area contributed by atoms with E-state index in [2.05, 4.69) is 76.9 Å². The van der Waals surface area contributed by atoms with Gasteiger partial charge < -0.3 is 14.8 Å². The summed E-state index contributed by atoms with van der Waals surface area (Å²) in [6, 6.07) is 14.4. The predicted molar refractivity (Wildman–Crippen MR) is 130 cm³/mol. The van der Waals surface area contributed by atoms with Crippen molar-refractivity contribution < 1.29 is 4.79 Å². The van der Waals surface area contributed by atoms with Crippen LogP contribution in [0.5, 0.6) is 0 Å². The maximum Gasteiger partial charge on any atom is 0.234 e. The minimum Gasteiger partial charge on any atom is -0.372 e. The molecule has 0 atom stereocenters. The summed E-state index contributed by atoms with van der Waals surface area (Å²) in [6.07, 6.45) is 0. The van der Waals surface area contributed by atoms with Crippen LogP contribution in [0.25, 0.3) is 11.4 Å². The summed E-state index contributed by atoms with van der Waals surface area (Å²) in [6.45, 7) is 13.2. The van der Waals surface area contributed by atoms with Gasteiger partial charge in [0.05, 0.1) is 5.75 Å². The highest BCUT2D eigenvalue weighted by atomic mass is 32.2. The molecule has 0 aliphatic carbocycles. The maximum absolute atomic E-state index is 12.4. The number of amides is 1. The average molecular weight is 438 g/mol. The van der Waals surface area contributed by atoms with Gasteiger partial charge >= 0.3 is 0 Å². The smallest absolute Gasteiger partial charge is 0.234 e. The van der Waals surface area contributed by atoms with Crippen molar-refractivity contribution in [2.24, 2.45) is 0 Å². The van der Waals surface area contributed by atoms with Crippen LogP contribution < -0.4 is 10.2 Å². The molecule has 0 bridgehead atoms. The highest BCUT2D eigenvalue weighted by Gasteiger charge is 2.15. The first kappa shape index (κ1) is 22.9. The summed E-state index contributed by atoms with van der Waals surface area (Å²) in [5.74, 6) is 1.06. The molecule has 1 aromatic heterocycles. The molecule has 1 heterocycles. The Labute approximate surface area is 189 Å². The zero-order valence-corrected chi connectivity index (χ0v) is 19.8. The first-order valence-electron chi connectivity index (χ1n) is 10.7. The molecule has 0 aliphatic heterocycles. The fourth-order valence-electron chi connectivity index (χ4n) is 3.45. The molecule has 164 valence electrons. The number of aryl methyl sites for hydroxylation is 2. The van der Waals surface area contributed by atoms with E-state index in [0.717, 1.165) is 47.4 Å². The molecule has 0 saturated carbocycles. The SMILES string of the molecule is CCN(CC)c1ccc(-c2nnc(SCC(=O)Nc3ccc(C)c(C)c3)n2CC)cc1. The second kappa shape index (κ2) is 10.5. The molecule has 0 saturated heterocycles. The fourth-order valence-corrected chi connectivity index (χ4v) is 4.25. The molecule has 3 rings (SSSR count). The number of benzene rings is 2.